The molecule has 2 unspecified atom stereocenters. The van der Waals surface area contributed by atoms with Crippen LogP contribution in [0.15, 0.2) is 18.2 Å². The largest absolute Gasteiger partial charge is 0.508 e. The van der Waals surface area contributed by atoms with E-state index >= 15 is 0 Å². The van der Waals surface area contributed by atoms with Gasteiger partial charge < -0.3 is 14.6 Å². The first kappa shape index (κ1) is 46.5. The zero-order chi connectivity index (χ0) is 36.3. The van der Waals surface area contributed by atoms with Gasteiger partial charge in [0, 0.05) is 6.07 Å². The molecule has 2 atom stereocenters. The summed E-state index contributed by atoms with van der Waals surface area (Å²) >= 11 is 0. The van der Waals surface area contributed by atoms with Gasteiger partial charge in [0.2, 0.25) is 0 Å². The Bertz CT molecular complexity index is 883. The van der Waals surface area contributed by atoms with Crippen molar-refractivity contribution in [1.82, 2.24) is 0 Å². The third kappa shape index (κ3) is 28.1. The van der Waals surface area contributed by atoms with Crippen molar-refractivity contribution >= 4 is 5.78 Å². The highest BCUT2D eigenvalue weighted by molar-refractivity contribution is 5.84. The van der Waals surface area contributed by atoms with E-state index in [0.29, 0.717) is 5.75 Å². The molecule has 0 saturated heterocycles. The van der Waals surface area contributed by atoms with E-state index in [9.17, 15) is 9.90 Å². The number of benzene rings is 1. The molecule has 0 fully saturated rings. The van der Waals surface area contributed by atoms with Crippen LogP contribution in [0, 0.1) is 6.92 Å². The normalized spacial score (nSPS) is 12.7. The Hall–Kier alpha value is -1.55. The molecule has 0 amide bonds. The molecule has 0 aliphatic carbocycles. The van der Waals surface area contributed by atoms with Crippen molar-refractivity contribution in [2.75, 3.05) is 6.61 Å². The summed E-state index contributed by atoms with van der Waals surface area (Å²) in [6, 6.07) is 5.19. The van der Waals surface area contributed by atoms with Gasteiger partial charge in [0.1, 0.15) is 18.1 Å². The van der Waals surface area contributed by atoms with Crippen LogP contribution in [0.25, 0.3) is 0 Å². The third-order valence-electron chi connectivity index (χ3n) is 10.7. The fraction of sp³-hybridized carbons (Fsp3) is 0.848. The van der Waals surface area contributed by atoms with Crippen molar-refractivity contribution in [3.63, 3.8) is 0 Å². The van der Waals surface area contributed by atoms with Gasteiger partial charge in [-0.2, -0.15) is 0 Å². The predicted molar refractivity (Wildman–Crippen MR) is 217 cm³/mol. The third-order valence-corrected chi connectivity index (χ3v) is 10.7. The van der Waals surface area contributed by atoms with Crippen LogP contribution in [-0.2, 0) is 9.53 Å². The number of aromatic hydroxyl groups is 1. The summed E-state index contributed by atoms with van der Waals surface area (Å²) in [5.41, 5.74) is 0.792. The molecular formula is C46H84O4. The van der Waals surface area contributed by atoms with Crippen molar-refractivity contribution in [1.29, 1.82) is 0 Å². The molecule has 0 saturated carbocycles. The molecule has 1 aromatic rings. The number of ether oxygens (including phenoxy) is 2. The Morgan fingerprint density at radius 2 is 0.900 bits per heavy atom. The number of phenols is 1. The topological polar surface area (TPSA) is 55.8 Å². The minimum absolute atomic E-state index is 0.0389. The van der Waals surface area contributed by atoms with E-state index in [0.717, 1.165) is 18.4 Å². The monoisotopic (exact) mass is 701 g/mol. The number of hydrogen-bond donors (Lipinski definition) is 1. The molecule has 0 aliphatic rings. The van der Waals surface area contributed by atoms with Crippen molar-refractivity contribution in [3.05, 3.63) is 23.8 Å². The first-order valence-electron chi connectivity index (χ1n) is 22.1. The highest BCUT2D eigenvalue weighted by Gasteiger charge is 2.18. The van der Waals surface area contributed by atoms with E-state index in [4.69, 9.17) is 9.47 Å². The van der Waals surface area contributed by atoms with E-state index in [1.807, 2.05) is 13.0 Å². The average molecular weight is 701 g/mol. The lowest BCUT2D eigenvalue weighted by molar-refractivity contribution is -0.132. The van der Waals surface area contributed by atoms with Crippen LogP contribution < -0.4 is 4.74 Å². The van der Waals surface area contributed by atoms with E-state index < -0.39 is 6.10 Å². The smallest absolute Gasteiger partial charge is 0.198 e. The lowest BCUT2D eigenvalue weighted by atomic mass is 10.0. The molecule has 1 rings (SSSR count). The highest BCUT2D eigenvalue weighted by Crippen LogP contribution is 2.24. The SMILES string of the molecule is CCCCCCCCCCCCCCCCCCC(CCCCCCCCCCCCCCCC)OCC(=O)C(C)Oc1ccc(C)c(O)c1. The summed E-state index contributed by atoms with van der Waals surface area (Å²) in [7, 11) is 0. The summed E-state index contributed by atoms with van der Waals surface area (Å²) in [6.07, 6.45) is 42.9. The predicted octanol–water partition coefficient (Wildman–Crippen LogP) is 14.9. The maximum Gasteiger partial charge on any atom is 0.198 e. The van der Waals surface area contributed by atoms with Crippen LogP contribution in [0.3, 0.4) is 0 Å². The number of carbonyl (C=O) groups excluding carboxylic acids is 1. The molecule has 1 aromatic carbocycles. The molecule has 292 valence electrons. The standard InChI is InChI=1S/C46H84O4/c1-5-7-9-11-13-15-17-19-21-22-24-26-28-30-32-34-36-43(35-33-31-29-27-25-23-20-18-16-14-12-10-8-6-2)49-40-46(48)42(4)50-44-38-37-41(3)45(47)39-44/h37-39,42-43,47H,5-36,40H2,1-4H3. The lowest BCUT2D eigenvalue weighted by Crippen LogP contribution is -2.30. The second-order valence-electron chi connectivity index (χ2n) is 15.6. The van der Waals surface area contributed by atoms with Crippen LogP contribution in [0.5, 0.6) is 11.5 Å². The molecule has 0 aliphatic heterocycles. The van der Waals surface area contributed by atoms with Crippen molar-refractivity contribution in [2.45, 2.75) is 245 Å². The molecule has 0 aromatic heterocycles. The Labute approximate surface area is 311 Å². The molecule has 0 bridgehead atoms. The van der Waals surface area contributed by atoms with Crippen molar-refractivity contribution in [3.8, 4) is 11.5 Å². The van der Waals surface area contributed by atoms with Gasteiger partial charge in [-0.3, -0.25) is 4.79 Å². The minimum Gasteiger partial charge on any atom is -0.508 e. The zero-order valence-corrected chi connectivity index (χ0v) is 33.9. The number of hydrogen-bond acceptors (Lipinski definition) is 4. The van der Waals surface area contributed by atoms with Gasteiger partial charge in [0.25, 0.3) is 0 Å². The minimum atomic E-state index is -0.602. The fourth-order valence-electron chi connectivity index (χ4n) is 7.05. The molecule has 50 heavy (non-hydrogen) atoms. The Morgan fingerprint density at radius 1 is 0.560 bits per heavy atom. The quantitative estimate of drug-likeness (QED) is 0.0698. The van der Waals surface area contributed by atoms with Crippen LogP contribution in [0.1, 0.15) is 232 Å². The number of phenolic OH excluding ortho intramolecular Hbond substituents is 1. The van der Waals surface area contributed by atoms with Gasteiger partial charge in [0.15, 0.2) is 11.9 Å². The van der Waals surface area contributed by atoms with Gasteiger partial charge in [-0.05, 0) is 38.3 Å². The Kier molecular flexibility index (Phi) is 32.1. The molecule has 4 nitrogen and oxygen atoms in total. The second kappa shape index (κ2) is 34.5. The van der Waals surface area contributed by atoms with Crippen molar-refractivity contribution in [2.24, 2.45) is 0 Å². The molecular weight excluding hydrogens is 617 g/mol. The number of carbonyl (C=O) groups is 1. The van der Waals surface area contributed by atoms with E-state index in [1.54, 1.807) is 19.1 Å². The van der Waals surface area contributed by atoms with E-state index in [2.05, 4.69) is 13.8 Å². The van der Waals surface area contributed by atoms with Gasteiger partial charge in [-0.15, -0.1) is 0 Å². The number of aryl methyl sites for hydroxylation is 1. The average Bonchev–Trinajstić information content (AvgIpc) is 3.11. The molecule has 0 heterocycles. The van der Waals surface area contributed by atoms with Gasteiger partial charge >= 0.3 is 0 Å². The summed E-state index contributed by atoms with van der Waals surface area (Å²) in [5.74, 6) is 0.662. The summed E-state index contributed by atoms with van der Waals surface area (Å²) in [5, 5.41) is 10.00. The Balaban J connectivity index is 2.24. The van der Waals surface area contributed by atoms with Crippen LogP contribution >= 0.6 is 0 Å². The highest BCUT2D eigenvalue weighted by atomic mass is 16.5. The van der Waals surface area contributed by atoms with Gasteiger partial charge in [-0.1, -0.05) is 213 Å². The Morgan fingerprint density at radius 3 is 1.24 bits per heavy atom. The first-order chi connectivity index (χ1) is 24.5. The maximum absolute atomic E-state index is 12.9. The van der Waals surface area contributed by atoms with Crippen molar-refractivity contribution < 1.29 is 19.4 Å². The first-order valence-corrected chi connectivity index (χ1v) is 22.1. The molecule has 0 spiro atoms. The van der Waals surface area contributed by atoms with E-state index in [1.165, 1.54) is 193 Å². The van der Waals surface area contributed by atoms with Crippen LogP contribution in [0.2, 0.25) is 0 Å². The maximum atomic E-state index is 12.9. The zero-order valence-electron chi connectivity index (χ0n) is 33.9. The number of ketones is 1. The second-order valence-corrected chi connectivity index (χ2v) is 15.6. The molecule has 1 N–H and O–H groups in total. The summed E-state index contributed by atoms with van der Waals surface area (Å²) in [4.78, 5) is 12.9. The van der Waals surface area contributed by atoms with Crippen LogP contribution in [-0.4, -0.2) is 29.7 Å². The van der Waals surface area contributed by atoms with E-state index in [-0.39, 0.29) is 24.2 Å². The summed E-state index contributed by atoms with van der Waals surface area (Å²) in [6.45, 7) is 8.30. The number of rotatable bonds is 38. The number of Topliss-reactive ketones (excluding diaryl/α,β-unsaturated/α-hetero) is 1. The number of unbranched alkanes of at least 4 members (excludes halogenated alkanes) is 28. The fourth-order valence-corrected chi connectivity index (χ4v) is 7.05. The van der Waals surface area contributed by atoms with Gasteiger partial charge in [-0.25, -0.2) is 0 Å². The van der Waals surface area contributed by atoms with Crippen LogP contribution in [0.4, 0.5) is 0 Å². The van der Waals surface area contributed by atoms with Gasteiger partial charge in [0.05, 0.1) is 6.10 Å². The lowest BCUT2D eigenvalue weighted by Gasteiger charge is -2.20. The molecule has 0 radical (unpaired) electrons. The summed E-state index contributed by atoms with van der Waals surface area (Å²) < 4.78 is 12.1. The molecule has 4 heteroatoms.